The number of nitrogens with one attached hydrogen (secondary N) is 2. The Morgan fingerprint density at radius 2 is 2.00 bits per heavy atom. The third-order valence-corrected chi connectivity index (χ3v) is 4.98. The lowest BCUT2D eigenvalue weighted by Gasteiger charge is -2.32. The molecule has 2 heterocycles. The summed E-state index contributed by atoms with van der Waals surface area (Å²) in [7, 11) is 0. The topological polar surface area (TPSA) is 62.8 Å². The van der Waals surface area contributed by atoms with Gasteiger partial charge in [-0.15, -0.1) is 13.2 Å². The third-order valence-electron chi connectivity index (χ3n) is 4.49. The quantitative estimate of drug-likeness (QED) is 0.667. The van der Waals surface area contributed by atoms with Crippen molar-refractivity contribution in [3.63, 3.8) is 0 Å². The van der Waals surface area contributed by atoms with Gasteiger partial charge in [-0.1, -0.05) is 15.9 Å². The van der Waals surface area contributed by atoms with Crippen LogP contribution in [0.3, 0.4) is 0 Å². The van der Waals surface area contributed by atoms with Crippen LogP contribution in [0.4, 0.5) is 18.0 Å². The molecule has 29 heavy (non-hydrogen) atoms. The number of nitrogens with zero attached hydrogens (tertiary/aromatic N) is 1. The van der Waals surface area contributed by atoms with Crippen molar-refractivity contribution in [3.05, 3.63) is 34.4 Å². The fourth-order valence-electron chi connectivity index (χ4n) is 3.40. The summed E-state index contributed by atoms with van der Waals surface area (Å²) in [6.45, 7) is 5.97. The lowest BCUT2D eigenvalue weighted by molar-refractivity contribution is -0.274. The lowest BCUT2D eigenvalue weighted by Crippen LogP contribution is -2.52. The van der Waals surface area contributed by atoms with E-state index in [0.717, 1.165) is 12.8 Å². The number of carbonyl (C=O) groups excluding carboxylic acids is 1. The first-order chi connectivity index (χ1) is 13.4. The number of alkyl halides is 3. The number of benzene rings is 1. The zero-order chi connectivity index (χ0) is 21.4. The van der Waals surface area contributed by atoms with Crippen LogP contribution in [0.5, 0.6) is 5.75 Å². The summed E-state index contributed by atoms with van der Waals surface area (Å²) < 4.78 is 48.5. The van der Waals surface area contributed by atoms with Crippen LogP contribution in [0.1, 0.15) is 39.2 Å². The summed E-state index contributed by atoms with van der Waals surface area (Å²) in [5.74, 6) is -0.316. The Hall–Kier alpha value is -2.10. The Morgan fingerprint density at radius 3 is 2.66 bits per heavy atom. The van der Waals surface area contributed by atoms with Crippen molar-refractivity contribution in [2.75, 3.05) is 6.54 Å². The summed E-state index contributed by atoms with van der Waals surface area (Å²) in [4.78, 5) is 14.2. The number of hydrogen-bond acceptors (Lipinski definition) is 5. The highest BCUT2D eigenvalue weighted by Gasteiger charge is 2.39. The molecule has 1 fully saturated rings. The molecule has 3 rings (SSSR count). The number of hydrogen-bond donors (Lipinski definition) is 2. The molecule has 2 N–H and O–H groups in total. The van der Waals surface area contributed by atoms with E-state index >= 15 is 0 Å². The molecule has 2 aliphatic heterocycles. The molecule has 10 heteroatoms. The summed E-state index contributed by atoms with van der Waals surface area (Å²) in [5, 5.41) is 6.31. The first kappa shape index (κ1) is 21.6. The molecule has 2 atom stereocenters. The van der Waals surface area contributed by atoms with Gasteiger partial charge in [0.1, 0.15) is 17.5 Å². The summed E-state index contributed by atoms with van der Waals surface area (Å²) in [5.41, 5.74) is 0.117. The number of likely N-dealkylation sites (tertiary alicyclic amines) is 1. The van der Waals surface area contributed by atoms with E-state index in [1.165, 1.54) is 12.1 Å². The van der Waals surface area contributed by atoms with E-state index in [9.17, 15) is 18.0 Å². The van der Waals surface area contributed by atoms with Gasteiger partial charge in [0.2, 0.25) is 0 Å². The molecular formula is C19H23BrF3N3O3. The number of ether oxygens (including phenoxy) is 2. The van der Waals surface area contributed by atoms with Crippen molar-refractivity contribution in [2.24, 2.45) is 0 Å². The van der Waals surface area contributed by atoms with Gasteiger partial charge in [-0.25, -0.2) is 4.79 Å². The summed E-state index contributed by atoms with van der Waals surface area (Å²) >= 11 is 3.16. The second-order valence-corrected chi connectivity index (χ2v) is 8.83. The Balaban J connectivity index is 1.74. The van der Waals surface area contributed by atoms with Gasteiger partial charge in [0.15, 0.2) is 0 Å². The smallest absolute Gasteiger partial charge is 0.444 e. The minimum atomic E-state index is -4.81. The van der Waals surface area contributed by atoms with Crippen molar-refractivity contribution in [1.29, 1.82) is 0 Å². The zero-order valence-corrected chi connectivity index (χ0v) is 17.9. The Bertz CT molecular complexity index is 808. The van der Waals surface area contributed by atoms with Crippen LogP contribution in [-0.4, -0.2) is 41.7 Å². The highest BCUT2D eigenvalue weighted by atomic mass is 79.9. The van der Waals surface area contributed by atoms with Crippen molar-refractivity contribution in [3.8, 4) is 5.75 Å². The molecule has 0 radical (unpaired) electrons. The maximum Gasteiger partial charge on any atom is 0.573 e. The Labute approximate surface area is 175 Å². The predicted octanol–water partition coefficient (Wildman–Crippen LogP) is 4.56. The average Bonchev–Trinajstić information content (AvgIpc) is 3.20. The molecule has 0 bridgehead atoms. The fraction of sp³-hybridized carbons (Fsp3) is 0.526. The van der Waals surface area contributed by atoms with E-state index in [0.29, 0.717) is 16.7 Å². The van der Waals surface area contributed by atoms with Gasteiger partial charge < -0.3 is 25.0 Å². The van der Waals surface area contributed by atoms with Crippen molar-refractivity contribution >= 4 is 27.7 Å². The van der Waals surface area contributed by atoms with Gasteiger partial charge in [-0.2, -0.15) is 0 Å². The van der Waals surface area contributed by atoms with Gasteiger partial charge >= 0.3 is 12.5 Å². The molecule has 1 unspecified atom stereocenters. The van der Waals surface area contributed by atoms with Crippen LogP contribution in [0.15, 0.2) is 28.9 Å². The molecule has 6 nitrogen and oxygen atoms in total. The minimum Gasteiger partial charge on any atom is -0.444 e. The van der Waals surface area contributed by atoms with Gasteiger partial charge in [-0.05, 0) is 51.8 Å². The number of amides is 1. The molecule has 0 saturated carbocycles. The third kappa shape index (κ3) is 5.49. The highest BCUT2D eigenvalue weighted by Crippen LogP contribution is 2.34. The summed E-state index contributed by atoms with van der Waals surface area (Å²) in [6.07, 6.45) is -2.38. The first-order valence-electron chi connectivity index (χ1n) is 9.21. The molecule has 160 valence electrons. The molecule has 1 amide bonds. The number of halogens is 4. The molecule has 0 aliphatic carbocycles. The van der Waals surface area contributed by atoms with E-state index < -0.39 is 18.1 Å². The molecule has 2 aliphatic rings. The average molecular weight is 478 g/mol. The van der Waals surface area contributed by atoms with E-state index in [4.69, 9.17) is 4.74 Å². The normalized spacial score (nSPS) is 22.0. The Kier molecular flexibility index (Phi) is 5.93. The fourth-order valence-corrected chi connectivity index (χ4v) is 3.74. The van der Waals surface area contributed by atoms with Crippen LogP contribution < -0.4 is 15.4 Å². The van der Waals surface area contributed by atoms with Crippen LogP contribution >= 0.6 is 15.9 Å². The van der Waals surface area contributed by atoms with Gasteiger partial charge in [0.25, 0.3) is 0 Å². The highest BCUT2D eigenvalue weighted by molar-refractivity contribution is 9.10. The maximum absolute atomic E-state index is 12.8. The van der Waals surface area contributed by atoms with Crippen molar-refractivity contribution < 1.29 is 27.4 Å². The molecule has 1 aromatic carbocycles. The standard InChI is InChI=1S/C19H23BrF3N3O3/c1-18(2,3)29-17(27)26-8-4-5-14(26)16-24-10-13(25-16)12-7-6-11(20)9-15(12)28-19(21,22)23/h6-7,9-10,14,16,24-25H,4-5,8H2,1-3H3/t14-,16?/m0/s1. The van der Waals surface area contributed by atoms with E-state index in [-0.39, 0.29) is 23.5 Å². The monoisotopic (exact) mass is 477 g/mol. The molecule has 0 aromatic heterocycles. The van der Waals surface area contributed by atoms with Crippen molar-refractivity contribution in [2.45, 2.75) is 57.8 Å². The van der Waals surface area contributed by atoms with Crippen LogP contribution in [0.2, 0.25) is 0 Å². The molecule has 0 spiro atoms. The molecular weight excluding hydrogens is 455 g/mol. The number of rotatable bonds is 3. The van der Waals surface area contributed by atoms with Crippen LogP contribution in [-0.2, 0) is 4.74 Å². The van der Waals surface area contributed by atoms with Crippen LogP contribution in [0, 0.1) is 0 Å². The minimum absolute atomic E-state index is 0.193. The number of carbonyl (C=O) groups is 1. The van der Waals surface area contributed by atoms with Crippen LogP contribution in [0.25, 0.3) is 5.70 Å². The summed E-state index contributed by atoms with van der Waals surface area (Å²) in [6, 6.07) is 4.24. The van der Waals surface area contributed by atoms with Gasteiger partial charge in [0, 0.05) is 22.8 Å². The SMILES string of the molecule is CC(C)(C)OC(=O)N1CCC[C@H]1C1NC=C(c2ccc(Br)cc2OC(F)(F)F)N1. The maximum atomic E-state index is 12.8. The van der Waals surface area contributed by atoms with Gasteiger partial charge in [-0.3, -0.25) is 0 Å². The van der Waals surface area contributed by atoms with E-state index in [2.05, 4.69) is 31.3 Å². The van der Waals surface area contributed by atoms with Crippen molar-refractivity contribution in [1.82, 2.24) is 15.5 Å². The lowest BCUT2D eigenvalue weighted by atomic mass is 10.1. The molecule has 1 saturated heterocycles. The largest absolute Gasteiger partial charge is 0.573 e. The first-order valence-corrected chi connectivity index (χ1v) is 10.0. The zero-order valence-electron chi connectivity index (χ0n) is 16.3. The Morgan fingerprint density at radius 1 is 1.28 bits per heavy atom. The van der Waals surface area contributed by atoms with Gasteiger partial charge in [0.05, 0.1) is 11.7 Å². The molecule has 1 aromatic rings. The second kappa shape index (κ2) is 7.97. The van der Waals surface area contributed by atoms with E-state index in [1.54, 1.807) is 37.9 Å². The second-order valence-electron chi connectivity index (χ2n) is 7.92. The van der Waals surface area contributed by atoms with E-state index in [1.807, 2.05) is 0 Å². The predicted molar refractivity (Wildman–Crippen MR) is 105 cm³/mol.